The number of methoxy groups -OCH3 is 1. The van der Waals surface area contributed by atoms with Gasteiger partial charge in [-0.1, -0.05) is 5.10 Å². The topological polar surface area (TPSA) is 122 Å². The number of phenolic OH excluding ortho intramolecular Hbond substituents is 1. The van der Waals surface area contributed by atoms with Crippen LogP contribution in [0.3, 0.4) is 0 Å². The largest absolute Gasteiger partial charge is 0.503 e. The van der Waals surface area contributed by atoms with Crippen molar-refractivity contribution in [3.8, 4) is 11.5 Å². The Morgan fingerprint density at radius 3 is 2.95 bits per heavy atom. The maximum Gasteiger partial charge on any atom is 0.352 e. The molecule has 3 rings (SSSR count). The number of nitrogens with zero attached hydrogens (tertiary/aromatic N) is 4. The lowest BCUT2D eigenvalue weighted by Crippen LogP contribution is -2.24. The van der Waals surface area contributed by atoms with Crippen LogP contribution in [0.15, 0.2) is 28.4 Å². The first-order chi connectivity index (χ1) is 10.5. The van der Waals surface area contributed by atoms with E-state index in [4.69, 9.17) is 4.74 Å². The van der Waals surface area contributed by atoms with Crippen LogP contribution in [-0.2, 0) is 4.79 Å². The summed E-state index contributed by atoms with van der Waals surface area (Å²) in [7, 11) is 1.43. The number of aliphatic carboxylic acids is 1. The van der Waals surface area contributed by atoms with E-state index in [1.165, 1.54) is 17.9 Å². The number of hydrogen-bond acceptors (Lipinski definition) is 7. The summed E-state index contributed by atoms with van der Waals surface area (Å²) in [6.45, 7) is 0. The van der Waals surface area contributed by atoms with Gasteiger partial charge < -0.3 is 20.3 Å². The third kappa shape index (κ3) is 2.26. The van der Waals surface area contributed by atoms with Crippen molar-refractivity contribution < 1.29 is 19.7 Å². The number of carbonyl (C=O) groups is 1. The van der Waals surface area contributed by atoms with Gasteiger partial charge in [0.05, 0.1) is 11.6 Å². The Morgan fingerprint density at radius 1 is 1.50 bits per heavy atom. The molecule has 1 atom stereocenters. The summed E-state index contributed by atoms with van der Waals surface area (Å²) in [4.78, 5) is 11.2. The first-order valence-electron chi connectivity index (χ1n) is 6.07. The van der Waals surface area contributed by atoms with E-state index in [-0.39, 0.29) is 23.1 Å². The predicted octanol–water partition coefficient (Wildman–Crippen LogP) is 1.13. The number of anilines is 1. The minimum absolute atomic E-state index is 0.0320. The van der Waals surface area contributed by atoms with Gasteiger partial charge in [0.15, 0.2) is 11.5 Å². The van der Waals surface area contributed by atoms with Gasteiger partial charge in [-0.3, -0.25) is 0 Å². The summed E-state index contributed by atoms with van der Waals surface area (Å²) in [6.07, 6.45) is 1.48. The Kier molecular flexibility index (Phi) is 3.45. The van der Waals surface area contributed by atoms with Crippen LogP contribution in [0.2, 0.25) is 0 Å². The predicted molar refractivity (Wildman–Crippen MR) is 77.7 cm³/mol. The fourth-order valence-corrected chi connectivity index (χ4v) is 2.60. The normalized spacial score (nSPS) is 16.5. The van der Waals surface area contributed by atoms with Crippen molar-refractivity contribution in [1.82, 2.24) is 20.2 Å². The minimum atomic E-state index is -1.12. The molecule has 1 aromatic carbocycles. The molecular formula is C12H10BrN5O4. The Labute approximate surface area is 132 Å². The van der Waals surface area contributed by atoms with Crippen LogP contribution in [0.5, 0.6) is 11.5 Å². The maximum atomic E-state index is 11.2. The van der Waals surface area contributed by atoms with Gasteiger partial charge in [-0.15, -0.1) is 0 Å². The van der Waals surface area contributed by atoms with Crippen molar-refractivity contribution in [3.05, 3.63) is 33.9 Å². The number of allylic oxidation sites excluding steroid dienone is 1. The van der Waals surface area contributed by atoms with Gasteiger partial charge in [0.25, 0.3) is 0 Å². The molecule has 114 valence electrons. The molecule has 1 aliphatic rings. The Hall–Kier alpha value is -2.62. The van der Waals surface area contributed by atoms with Crippen LogP contribution in [0.4, 0.5) is 5.95 Å². The molecule has 10 heteroatoms. The summed E-state index contributed by atoms with van der Waals surface area (Å²) < 4.78 is 6.96. The molecular weight excluding hydrogens is 358 g/mol. The first kappa shape index (κ1) is 14.3. The average molecular weight is 368 g/mol. The van der Waals surface area contributed by atoms with Crippen LogP contribution in [0, 0.1) is 0 Å². The van der Waals surface area contributed by atoms with Gasteiger partial charge >= 0.3 is 5.97 Å². The van der Waals surface area contributed by atoms with Crippen LogP contribution in [0.25, 0.3) is 0 Å². The molecule has 1 aromatic heterocycles. The van der Waals surface area contributed by atoms with Crippen molar-refractivity contribution in [2.45, 2.75) is 6.04 Å². The quantitative estimate of drug-likeness (QED) is 0.737. The van der Waals surface area contributed by atoms with Crippen LogP contribution in [0.1, 0.15) is 11.6 Å². The van der Waals surface area contributed by atoms with E-state index in [9.17, 15) is 15.0 Å². The Bertz CT molecular complexity index is 788. The van der Waals surface area contributed by atoms with Gasteiger partial charge in [-0.25, -0.2) is 4.79 Å². The molecule has 0 spiro atoms. The van der Waals surface area contributed by atoms with Gasteiger partial charge in [-0.05, 0) is 50.1 Å². The van der Waals surface area contributed by atoms with E-state index >= 15 is 0 Å². The third-order valence-corrected chi connectivity index (χ3v) is 3.77. The molecule has 2 aromatic rings. The molecule has 0 amide bonds. The number of fused-ring (bicyclic) bond motifs is 1. The summed E-state index contributed by atoms with van der Waals surface area (Å²) in [5.41, 5.74) is 0.616. The number of ether oxygens (including phenoxy) is 1. The van der Waals surface area contributed by atoms with Gasteiger partial charge in [0.1, 0.15) is 11.7 Å². The Balaban J connectivity index is 2.15. The van der Waals surface area contributed by atoms with E-state index in [2.05, 4.69) is 36.8 Å². The van der Waals surface area contributed by atoms with Crippen LogP contribution in [-0.4, -0.2) is 43.5 Å². The third-order valence-electron chi connectivity index (χ3n) is 3.17. The number of carboxylic acid groups (broad SMARTS) is 1. The highest BCUT2D eigenvalue weighted by Crippen LogP contribution is 2.39. The fraction of sp³-hybridized carbons (Fsp3) is 0.167. The molecule has 0 unspecified atom stereocenters. The van der Waals surface area contributed by atoms with Gasteiger partial charge in [-0.2, -0.15) is 4.68 Å². The van der Waals surface area contributed by atoms with Crippen molar-refractivity contribution in [2.75, 3.05) is 12.4 Å². The Morgan fingerprint density at radius 2 is 2.27 bits per heavy atom. The highest BCUT2D eigenvalue weighted by Gasteiger charge is 2.27. The number of hydrogen-bond donors (Lipinski definition) is 3. The summed E-state index contributed by atoms with van der Waals surface area (Å²) in [6, 6.07) is 2.69. The molecule has 22 heavy (non-hydrogen) atoms. The SMILES string of the molecule is COc1cc([C@@H]2C=C(C(=O)O)Nc3nnnn32)cc(Br)c1O. The van der Waals surface area contributed by atoms with Crippen molar-refractivity contribution in [2.24, 2.45) is 0 Å². The highest BCUT2D eigenvalue weighted by atomic mass is 79.9. The van der Waals surface area contributed by atoms with E-state index in [0.717, 1.165) is 0 Å². The molecule has 0 saturated heterocycles. The maximum absolute atomic E-state index is 11.2. The fourth-order valence-electron chi connectivity index (χ4n) is 2.14. The van der Waals surface area contributed by atoms with Crippen molar-refractivity contribution in [3.63, 3.8) is 0 Å². The number of aromatic nitrogens is 4. The van der Waals surface area contributed by atoms with Crippen molar-refractivity contribution in [1.29, 1.82) is 0 Å². The number of tetrazole rings is 1. The van der Waals surface area contributed by atoms with Crippen LogP contribution >= 0.6 is 15.9 Å². The lowest BCUT2D eigenvalue weighted by molar-refractivity contribution is -0.132. The second-order valence-corrected chi connectivity index (χ2v) is 5.31. The number of carboxylic acids is 1. The molecule has 9 nitrogen and oxygen atoms in total. The van der Waals surface area contributed by atoms with Gasteiger partial charge in [0.2, 0.25) is 5.95 Å². The zero-order chi connectivity index (χ0) is 15.9. The summed E-state index contributed by atoms with van der Waals surface area (Å²) in [5, 5.41) is 32.8. The second-order valence-electron chi connectivity index (χ2n) is 4.46. The lowest BCUT2D eigenvalue weighted by atomic mass is 10.0. The first-order valence-corrected chi connectivity index (χ1v) is 6.87. The molecule has 0 saturated carbocycles. The van der Waals surface area contributed by atoms with E-state index in [1.54, 1.807) is 12.1 Å². The summed E-state index contributed by atoms with van der Waals surface area (Å²) >= 11 is 3.24. The number of halogens is 1. The highest BCUT2D eigenvalue weighted by molar-refractivity contribution is 9.10. The van der Waals surface area contributed by atoms with Gasteiger partial charge in [0, 0.05) is 0 Å². The molecule has 0 bridgehead atoms. The monoisotopic (exact) mass is 367 g/mol. The van der Waals surface area contributed by atoms with E-state index in [0.29, 0.717) is 10.0 Å². The van der Waals surface area contributed by atoms with E-state index < -0.39 is 12.0 Å². The molecule has 1 aliphatic heterocycles. The number of nitrogens with one attached hydrogen (secondary N) is 1. The minimum Gasteiger partial charge on any atom is -0.503 e. The number of aromatic hydroxyl groups is 1. The smallest absolute Gasteiger partial charge is 0.352 e. The zero-order valence-corrected chi connectivity index (χ0v) is 12.8. The number of benzene rings is 1. The molecule has 0 radical (unpaired) electrons. The lowest BCUT2D eigenvalue weighted by Gasteiger charge is -2.22. The number of rotatable bonds is 3. The molecule has 0 aliphatic carbocycles. The van der Waals surface area contributed by atoms with Crippen LogP contribution < -0.4 is 10.1 Å². The zero-order valence-electron chi connectivity index (χ0n) is 11.2. The van der Waals surface area contributed by atoms with Crippen molar-refractivity contribution >= 4 is 27.8 Å². The number of phenols is 1. The second kappa shape index (κ2) is 5.30. The molecule has 0 fully saturated rings. The molecule has 2 heterocycles. The standard InChI is InChI=1S/C12H10BrN5O4/c1-22-9-3-5(2-6(13)10(9)19)8-4-7(11(20)21)14-12-15-16-17-18(8)12/h2-4,8,19H,1H3,(H,20,21)(H,14,15,17)/t8-/m0/s1. The average Bonchev–Trinajstić information content (AvgIpc) is 2.97. The molecule has 3 N–H and O–H groups in total. The summed E-state index contributed by atoms with van der Waals surface area (Å²) in [5.74, 6) is -0.695. The van der Waals surface area contributed by atoms with E-state index in [1.807, 2.05) is 0 Å².